The monoisotopic (exact) mass is 312 g/mol. The highest BCUT2D eigenvalue weighted by molar-refractivity contribution is 5.97. The van der Waals surface area contributed by atoms with Gasteiger partial charge in [-0.25, -0.2) is 5.43 Å². The molecule has 0 atom stereocenters. The highest BCUT2D eigenvalue weighted by atomic mass is 16.3. The molecular formula is C16H16N4O3. The molecule has 118 valence electrons. The minimum Gasteiger partial charge on any atom is -0.507 e. The predicted molar refractivity (Wildman–Crippen MR) is 84.5 cm³/mol. The Hall–Kier alpha value is -3.22. The van der Waals surface area contributed by atoms with Crippen LogP contribution in [-0.4, -0.2) is 28.1 Å². The number of phenols is 1. The summed E-state index contributed by atoms with van der Waals surface area (Å²) >= 11 is 0. The minimum atomic E-state index is -0.541. The van der Waals surface area contributed by atoms with E-state index in [1.807, 2.05) is 6.07 Å². The maximum absolute atomic E-state index is 11.6. The molecule has 0 bridgehead atoms. The molecule has 1 heterocycles. The van der Waals surface area contributed by atoms with E-state index in [-0.39, 0.29) is 12.2 Å². The van der Waals surface area contributed by atoms with Crippen LogP contribution in [0.3, 0.4) is 0 Å². The molecule has 2 amide bonds. The summed E-state index contributed by atoms with van der Waals surface area (Å²) < 4.78 is 0. The van der Waals surface area contributed by atoms with Gasteiger partial charge >= 0.3 is 0 Å². The summed E-state index contributed by atoms with van der Waals surface area (Å²) in [6, 6.07) is 10.2. The molecule has 0 aliphatic carbocycles. The first kappa shape index (κ1) is 16.2. The van der Waals surface area contributed by atoms with Gasteiger partial charge in [-0.3, -0.25) is 14.6 Å². The molecule has 0 aliphatic heterocycles. The number of benzene rings is 1. The number of hydrogen-bond acceptors (Lipinski definition) is 5. The zero-order valence-corrected chi connectivity index (χ0v) is 12.3. The zero-order chi connectivity index (χ0) is 16.5. The third-order valence-electron chi connectivity index (χ3n) is 2.86. The van der Waals surface area contributed by atoms with Crippen molar-refractivity contribution >= 4 is 18.0 Å². The first-order valence-electron chi connectivity index (χ1n) is 6.90. The molecule has 0 unspecified atom stereocenters. The normalized spacial score (nSPS) is 10.4. The average Bonchev–Trinajstić information content (AvgIpc) is 2.56. The summed E-state index contributed by atoms with van der Waals surface area (Å²) in [5.74, 6) is -0.899. The van der Waals surface area contributed by atoms with Crippen molar-refractivity contribution < 1.29 is 14.7 Å². The molecule has 2 rings (SSSR count). The number of nitrogens with one attached hydrogen (secondary N) is 2. The molecule has 23 heavy (non-hydrogen) atoms. The van der Waals surface area contributed by atoms with Gasteiger partial charge in [0.15, 0.2) is 0 Å². The Labute approximate surface area is 133 Å². The molecule has 7 heteroatoms. The minimum absolute atomic E-state index is 0.0553. The van der Waals surface area contributed by atoms with Crippen molar-refractivity contribution in [3.63, 3.8) is 0 Å². The SMILES string of the molecule is O=C(CC(=O)NN=Cc1ccccc1O)NCc1cccnc1. The maximum Gasteiger partial charge on any atom is 0.249 e. The van der Waals surface area contributed by atoms with E-state index in [4.69, 9.17) is 0 Å². The number of phenolic OH excluding ortho intramolecular Hbond substituents is 1. The average molecular weight is 312 g/mol. The van der Waals surface area contributed by atoms with Crippen molar-refractivity contribution in [3.8, 4) is 5.75 Å². The lowest BCUT2D eigenvalue weighted by atomic mass is 10.2. The fourth-order valence-corrected chi connectivity index (χ4v) is 1.72. The number of aromatic nitrogens is 1. The van der Waals surface area contributed by atoms with Crippen molar-refractivity contribution in [2.45, 2.75) is 13.0 Å². The summed E-state index contributed by atoms with van der Waals surface area (Å²) in [4.78, 5) is 27.1. The van der Waals surface area contributed by atoms with Crippen LogP contribution in [0.4, 0.5) is 0 Å². The van der Waals surface area contributed by atoms with Gasteiger partial charge in [0.2, 0.25) is 11.8 Å². The Morgan fingerprint density at radius 3 is 2.74 bits per heavy atom. The molecule has 3 N–H and O–H groups in total. The Bertz CT molecular complexity index is 701. The van der Waals surface area contributed by atoms with Gasteiger partial charge in [-0.15, -0.1) is 0 Å². The lowest BCUT2D eigenvalue weighted by Gasteiger charge is -2.04. The molecule has 2 aromatic rings. The topological polar surface area (TPSA) is 104 Å². The van der Waals surface area contributed by atoms with Crippen molar-refractivity contribution in [1.29, 1.82) is 0 Å². The number of carbonyl (C=O) groups is 2. The third kappa shape index (κ3) is 5.58. The number of hydrazone groups is 1. The van der Waals surface area contributed by atoms with E-state index in [1.54, 1.807) is 36.7 Å². The summed E-state index contributed by atoms with van der Waals surface area (Å²) in [6.07, 6.45) is 4.25. The second kappa shape index (κ2) is 8.28. The quantitative estimate of drug-likeness (QED) is 0.419. The fraction of sp³-hybridized carbons (Fsp3) is 0.125. The zero-order valence-electron chi connectivity index (χ0n) is 12.3. The first-order valence-corrected chi connectivity index (χ1v) is 6.90. The highest BCUT2D eigenvalue weighted by Crippen LogP contribution is 2.12. The van der Waals surface area contributed by atoms with Crippen LogP contribution < -0.4 is 10.7 Å². The van der Waals surface area contributed by atoms with E-state index in [9.17, 15) is 14.7 Å². The predicted octanol–water partition coefficient (Wildman–Crippen LogP) is 0.944. The van der Waals surface area contributed by atoms with E-state index < -0.39 is 11.8 Å². The molecule has 0 saturated heterocycles. The van der Waals surface area contributed by atoms with E-state index in [1.165, 1.54) is 12.3 Å². The number of amides is 2. The van der Waals surface area contributed by atoms with Crippen LogP contribution in [0.1, 0.15) is 17.5 Å². The van der Waals surface area contributed by atoms with Gasteiger partial charge in [-0.1, -0.05) is 18.2 Å². The first-order chi connectivity index (χ1) is 11.1. The number of pyridine rings is 1. The number of hydrogen-bond donors (Lipinski definition) is 3. The van der Waals surface area contributed by atoms with Gasteiger partial charge in [-0.05, 0) is 23.8 Å². The molecule has 0 saturated carbocycles. The smallest absolute Gasteiger partial charge is 0.249 e. The number of carbonyl (C=O) groups excluding carboxylic acids is 2. The number of para-hydroxylation sites is 1. The van der Waals surface area contributed by atoms with E-state index in [0.29, 0.717) is 12.1 Å². The summed E-state index contributed by atoms with van der Waals surface area (Å²) in [6.45, 7) is 0.307. The molecule has 0 spiro atoms. The second-order valence-electron chi connectivity index (χ2n) is 4.67. The molecule has 7 nitrogen and oxygen atoms in total. The largest absolute Gasteiger partial charge is 0.507 e. The van der Waals surface area contributed by atoms with E-state index in [2.05, 4.69) is 20.8 Å². The summed E-state index contributed by atoms with van der Waals surface area (Å²) in [5.41, 5.74) is 3.55. The van der Waals surface area contributed by atoms with E-state index >= 15 is 0 Å². The van der Waals surface area contributed by atoms with Crippen molar-refractivity contribution in [2.24, 2.45) is 5.10 Å². The highest BCUT2D eigenvalue weighted by Gasteiger charge is 2.08. The lowest BCUT2D eigenvalue weighted by Crippen LogP contribution is -2.29. The molecule has 1 aromatic heterocycles. The van der Waals surface area contributed by atoms with Gasteiger partial charge in [0, 0.05) is 24.5 Å². The number of aromatic hydroxyl groups is 1. The summed E-state index contributed by atoms with van der Waals surface area (Å²) in [7, 11) is 0. The van der Waals surface area contributed by atoms with Crippen LogP contribution in [-0.2, 0) is 16.1 Å². The van der Waals surface area contributed by atoms with Crippen LogP contribution in [0.2, 0.25) is 0 Å². The van der Waals surface area contributed by atoms with Gasteiger partial charge in [0.1, 0.15) is 12.2 Å². The third-order valence-corrected chi connectivity index (χ3v) is 2.86. The van der Waals surface area contributed by atoms with Gasteiger partial charge in [-0.2, -0.15) is 5.10 Å². The molecular weight excluding hydrogens is 296 g/mol. The van der Waals surface area contributed by atoms with Crippen LogP contribution in [0, 0.1) is 0 Å². The maximum atomic E-state index is 11.6. The van der Waals surface area contributed by atoms with Crippen molar-refractivity contribution in [1.82, 2.24) is 15.7 Å². The number of rotatable bonds is 6. The Kier molecular flexibility index (Phi) is 5.81. The number of nitrogens with zero attached hydrogens (tertiary/aromatic N) is 2. The van der Waals surface area contributed by atoms with Crippen LogP contribution in [0.15, 0.2) is 53.9 Å². The second-order valence-corrected chi connectivity index (χ2v) is 4.67. The standard InChI is InChI=1S/C16H16N4O3/c21-14-6-2-1-5-13(14)11-19-20-16(23)8-15(22)18-10-12-4-3-7-17-9-12/h1-7,9,11,21H,8,10H2,(H,18,22)(H,20,23). The Morgan fingerprint density at radius 2 is 2.00 bits per heavy atom. The van der Waals surface area contributed by atoms with Gasteiger partial charge < -0.3 is 10.4 Å². The summed E-state index contributed by atoms with van der Waals surface area (Å²) in [5, 5.41) is 15.8. The van der Waals surface area contributed by atoms with E-state index in [0.717, 1.165) is 5.56 Å². The molecule has 0 radical (unpaired) electrons. The van der Waals surface area contributed by atoms with Crippen LogP contribution in [0.25, 0.3) is 0 Å². The lowest BCUT2D eigenvalue weighted by molar-refractivity contribution is -0.129. The van der Waals surface area contributed by atoms with Crippen LogP contribution >= 0.6 is 0 Å². The Morgan fingerprint density at radius 1 is 1.17 bits per heavy atom. The van der Waals surface area contributed by atoms with Crippen LogP contribution in [0.5, 0.6) is 5.75 Å². The molecule has 1 aromatic carbocycles. The van der Waals surface area contributed by atoms with Crippen molar-refractivity contribution in [2.75, 3.05) is 0 Å². The molecule has 0 fully saturated rings. The Balaban J connectivity index is 1.74. The fourth-order valence-electron chi connectivity index (χ4n) is 1.72. The van der Waals surface area contributed by atoms with Crippen molar-refractivity contribution in [3.05, 3.63) is 59.9 Å². The molecule has 0 aliphatic rings. The van der Waals surface area contributed by atoms with Gasteiger partial charge in [0.25, 0.3) is 0 Å². The van der Waals surface area contributed by atoms with Gasteiger partial charge in [0.05, 0.1) is 6.21 Å².